The summed E-state index contributed by atoms with van der Waals surface area (Å²) in [5.41, 5.74) is 0.404. The lowest BCUT2D eigenvalue weighted by atomic mass is 10.1. The summed E-state index contributed by atoms with van der Waals surface area (Å²) in [7, 11) is 0. The van der Waals surface area contributed by atoms with Gasteiger partial charge in [-0.15, -0.1) is 0 Å². The van der Waals surface area contributed by atoms with Crippen molar-refractivity contribution in [2.75, 3.05) is 13.2 Å². The van der Waals surface area contributed by atoms with Gasteiger partial charge in [-0.2, -0.15) is 4.98 Å². The first-order chi connectivity index (χ1) is 10.5. The lowest BCUT2D eigenvalue weighted by Crippen LogP contribution is -2.40. The molecule has 1 heterocycles. The predicted molar refractivity (Wildman–Crippen MR) is 75.9 cm³/mol. The number of nitrogens with one attached hydrogen (secondary N) is 2. The Bertz CT molecular complexity index is 664. The normalized spacial score (nSPS) is 12.0. The second-order valence-corrected chi connectivity index (χ2v) is 4.81. The summed E-state index contributed by atoms with van der Waals surface area (Å²) in [6.07, 6.45) is 0. The molecule has 0 aliphatic carbocycles. The van der Waals surface area contributed by atoms with Gasteiger partial charge in [0.25, 0.3) is 0 Å². The van der Waals surface area contributed by atoms with Gasteiger partial charge in [0.1, 0.15) is 11.9 Å². The average molecular weight is 329 g/mol. The zero-order valence-electron chi connectivity index (χ0n) is 11.6. The third-order valence-corrected chi connectivity index (χ3v) is 3.06. The Morgan fingerprint density at radius 2 is 2.32 bits per heavy atom. The van der Waals surface area contributed by atoms with Gasteiger partial charge in [0.15, 0.2) is 5.82 Å². The van der Waals surface area contributed by atoms with E-state index in [9.17, 15) is 9.18 Å². The molecule has 2 amide bonds. The molecular weight excluding hydrogens is 315 g/mol. The van der Waals surface area contributed by atoms with Gasteiger partial charge >= 0.3 is 6.03 Å². The maximum Gasteiger partial charge on any atom is 0.315 e. The highest BCUT2D eigenvalue weighted by Crippen LogP contribution is 2.24. The first kappa shape index (κ1) is 16.2. The van der Waals surface area contributed by atoms with Gasteiger partial charge < -0.3 is 20.3 Å². The number of rotatable bonds is 5. The van der Waals surface area contributed by atoms with E-state index in [2.05, 4.69) is 20.8 Å². The number of aryl methyl sites for hydroxylation is 1. The summed E-state index contributed by atoms with van der Waals surface area (Å²) in [6.45, 7) is 1.48. The van der Waals surface area contributed by atoms with E-state index in [-0.39, 0.29) is 24.0 Å². The molecule has 3 N–H and O–H groups in total. The minimum Gasteiger partial charge on any atom is -0.395 e. The van der Waals surface area contributed by atoms with Crippen molar-refractivity contribution in [3.8, 4) is 0 Å². The molecule has 0 bridgehead atoms. The Kier molecular flexibility index (Phi) is 5.29. The van der Waals surface area contributed by atoms with Crippen molar-refractivity contribution >= 4 is 17.6 Å². The molecule has 7 nitrogen and oxygen atoms in total. The minimum absolute atomic E-state index is 0.0310. The molecule has 0 saturated heterocycles. The minimum atomic E-state index is -0.817. The van der Waals surface area contributed by atoms with E-state index in [4.69, 9.17) is 21.2 Å². The maximum absolute atomic E-state index is 13.6. The monoisotopic (exact) mass is 328 g/mol. The Labute approximate surface area is 130 Å². The molecule has 0 saturated carbocycles. The van der Waals surface area contributed by atoms with Crippen LogP contribution in [-0.4, -0.2) is 34.4 Å². The molecule has 9 heteroatoms. The summed E-state index contributed by atoms with van der Waals surface area (Å²) in [5, 5.41) is 17.4. The lowest BCUT2D eigenvalue weighted by Gasteiger charge is -2.16. The standard InChI is InChI=1S/C13H14ClFN4O3/c1-7-17-12(19-22-7)11(18-13(21)16-4-5-20)8-2-3-9(14)10(15)6-8/h2-3,6,11,20H,4-5H2,1H3,(H2,16,18,21). The Morgan fingerprint density at radius 1 is 1.55 bits per heavy atom. The van der Waals surface area contributed by atoms with Crippen LogP contribution in [0.1, 0.15) is 23.3 Å². The zero-order valence-corrected chi connectivity index (χ0v) is 12.4. The van der Waals surface area contributed by atoms with Crippen molar-refractivity contribution in [3.05, 3.63) is 46.3 Å². The molecule has 1 atom stereocenters. The number of aliphatic hydroxyl groups excluding tert-OH is 1. The fourth-order valence-corrected chi connectivity index (χ4v) is 1.89. The van der Waals surface area contributed by atoms with Gasteiger partial charge in [-0.1, -0.05) is 22.8 Å². The quantitative estimate of drug-likeness (QED) is 0.773. The summed E-state index contributed by atoms with van der Waals surface area (Å²) in [6, 6.07) is 2.73. The third kappa shape index (κ3) is 3.92. The van der Waals surface area contributed by atoms with Gasteiger partial charge in [0.2, 0.25) is 5.89 Å². The number of halogens is 2. The van der Waals surface area contributed by atoms with Crippen LogP contribution in [0.2, 0.25) is 5.02 Å². The highest BCUT2D eigenvalue weighted by molar-refractivity contribution is 6.30. The average Bonchev–Trinajstić information content (AvgIpc) is 2.92. The van der Waals surface area contributed by atoms with Gasteiger partial charge in [0, 0.05) is 13.5 Å². The van der Waals surface area contributed by atoms with Gasteiger partial charge in [0.05, 0.1) is 11.6 Å². The largest absolute Gasteiger partial charge is 0.395 e. The Hall–Kier alpha value is -2.19. The van der Waals surface area contributed by atoms with Crippen LogP contribution in [0.4, 0.5) is 9.18 Å². The number of carbonyl (C=O) groups is 1. The van der Waals surface area contributed by atoms with Crippen LogP contribution >= 0.6 is 11.6 Å². The van der Waals surface area contributed by atoms with Gasteiger partial charge in [-0.25, -0.2) is 9.18 Å². The van der Waals surface area contributed by atoms with E-state index >= 15 is 0 Å². The summed E-state index contributed by atoms with van der Waals surface area (Å²) in [5.74, 6) is -0.132. The number of hydrogen-bond donors (Lipinski definition) is 3. The van der Waals surface area contributed by atoms with Crippen LogP contribution in [0.15, 0.2) is 22.7 Å². The van der Waals surface area contributed by atoms with Crippen LogP contribution in [-0.2, 0) is 0 Å². The van der Waals surface area contributed by atoms with E-state index in [0.717, 1.165) is 0 Å². The van der Waals surface area contributed by atoms with E-state index in [1.54, 1.807) is 13.0 Å². The fraction of sp³-hybridized carbons (Fsp3) is 0.308. The molecule has 0 fully saturated rings. The molecule has 0 aliphatic rings. The Balaban J connectivity index is 2.28. The van der Waals surface area contributed by atoms with Crippen LogP contribution in [0.25, 0.3) is 0 Å². The van der Waals surface area contributed by atoms with Crippen molar-refractivity contribution in [2.24, 2.45) is 0 Å². The number of amides is 2. The van der Waals surface area contributed by atoms with Gasteiger partial charge in [-0.3, -0.25) is 0 Å². The highest BCUT2D eigenvalue weighted by Gasteiger charge is 2.22. The zero-order chi connectivity index (χ0) is 16.1. The third-order valence-electron chi connectivity index (χ3n) is 2.75. The molecule has 1 aromatic carbocycles. The molecule has 1 aromatic heterocycles. The van der Waals surface area contributed by atoms with E-state index in [1.807, 2.05) is 0 Å². The van der Waals surface area contributed by atoms with E-state index in [0.29, 0.717) is 11.5 Å². The van der Waals surface area contributed by atoms with Crippen LogP contribution in [0.5, 0.6) is 0 Å². The molecule has 1 unspecified atom stereocenters. The predicted octanol–water partition coefficient (Wildman–Crippen LogP) is 1.55. The smallest absolute Gasteiger partial charge is 0.315 e. The van der Waals surface area contributed by atoms with Crippen LogP contribution < -0.4 is 10.6 Å². The second kappa shape index (κ2) is 7.19. The maximum atomic E-state index is 13.6. The number of benzene rings is 1. The first-order valence-electron chi connectivity index (χ1n) is 6.41. The van der Waals surface area contributed by atoms with Crippen molar-refractivity contribution in [2.45, 2.75) is 13.0 Å². The van der Waals surface area contributed by atoms with Crippen molar-refractivity contribution in [3.63, 3.8) is 0 Å². The molecule has 2 rings (SSSR count). The summed E-state index contributed by atoms with van der Waals surface area (Å²) >= 11 is 5.66. The van der Waals surface area contributed by atoms with E-state index in [1.165, 1.54) is 12.1 Å². The highest BCUT2D eigenvalue weighted by atomic mass is 35.5. The molecule has 22 heavy (non-hydrogen) atoms. The molecule has 0 radical (unpaired) electrons. The molecule has 2 aromatic rings. The summed E-state index contributed by atoms with van der Waals surface area (Å²) in [4.78, 5) is 15.8. The number of nitrogens with zero attached hydrogens (tertiary/aromatic N) is 2. The molecule has 0 spiro atoms. The SMILES string of the molecule is Cc1nc(C(NC(=O)NCCO)c2ccc(Cl)c(F)c2)no1. The van der Waals surface area contributed by atoms with Crippen molar-refractivity contribution < 1.29 is 18.8 Å². The van der Waals surface area contributed by atoms with Crippen LogP contribution in [0.3, 0.4) is 0 Å². The van der Waals surface area contributed by atoms with Crippen LogP contribution in [0, 0.1) is 12.7 Å². The summed E-state index contributed by atoms with van der Waals surface area (Å²) < 4.78 is 18.5. The number of aromatic nitrogens is 2. The molecule has 0 aliphatic heterocycles. The van der Waals surface area contributed by atoms with Crippen molar-refractivity contribution in [1.29, 1.82) is 0 Å². The number of hydrogen-bond acceptors (Lipinski definition) is 5. The Morgan fingerprint density at radius 3 is 2.91 bits per heavy atom. The first-order valence-corrected chi connectivity index (χ1v) is 6.79. The molecular formula is C13H14ClFN4O3. The van der Waals surface area contributed by atoms with E-state index < -0.39 is 17.9 Å². The van der Waals surface area contributed by atoms with Crippen molar-refractivity contribution in [1.82, 2.24) is 20.8 Å². The number of urea groups is 1. The number of carbonyl (C=O) groups excluding carboxylic acids is 1. The fourth-order valence-electron chi connectivity index (χ4n) is 1.77. The topological polar surface area (TPSA) is 100 Å². The van der Waals surface area contributed by atoms with Gasteiger partial charge in [-0.05, 0) is 17.7 Å². The second-order valence-electron chi connectivity index (χ2n) is 4.40. The molecule has 118 valence electrons. The number of aliphatic hydroxyl groups is 1. The lowest BCUT2D eigenvalue weighted by molar-refractivity contribution is 0.231.